The van der Waals surface area contributed by atoms with Gasteiger partial charge in [0.1, 0.15) is 12.4 Å². The second-order valence-electron chi connectivity index (χ2n) is 6.70. The van der Waals surface area contributed by atoms with Crippen LogP contribution in [0.4, 0.5) is 9.18 Å². The van der Waals surface area contributed by atoms with Gasteiger partial charge in [0.05, 0.1) is 4.91 Å². The first kappa shape index (κ1) is 20.2. The highest BCUT2D eigenvalue weighted by molar-refractivity contribution is 8.18. The van der Waals surface area contributed by atoms with Crippen molar-refractivity contribution >= 4 is 57.4 Å². The molecular formula is C21H15ClFN3O3S. The van der Waals surface area contributed by atoms with E-state index in [2.05, 4.69) is 0 Å². The van der Waals surface area contributed by atoms with E-state index in [9.17, 15) is 18.8 Å². The Bertz CT molecular complexity index is 1240. The number of thioether (sulfide) groups is 1. The Kier molecular flexibility index (Phi) is 5.36. The highest BCUT2D eigenvalue weighted by Crippen LogP contribution is 2.34. The zero-order chi connectivity index (χ0) is 21.4. The number of rotatable bonds is 5. The summed E-state index contributed by atoms with van der Waals surface area (Å²) in [5, 5.41) is 0.659. The zero-order valence-corrected chi connectivity index (χ0v) is 17.0. The van der Waals surface area contributed by atoms with Gasteiger partial charge < -0.3 is 10.3 Å². The van der Waals surface area contributed by atoms with Crippen LogP contribution in [0.25, 0.3) is 17.0 Å². The van der Waals surface area contributed by atoms with E-state index in [0.29, 0.717) is 11.6 Å². The molecule has 1 aliphatic rings. The normalized spacial score (nSPS) is 15.5. The van der Waals surface area contributed by atoms with Crippen LogP contribution in [-0.2, 0) is 16.1 Å². The lowest BCUT2D eigenvalue weighted by atomic mass is 10.1. The van der Waals surface area contributed by atoms with Crippen molar-refractivity contribution < 1.29 is 18.8 Å². The molecule has 9 heteroatoms. The van der Waals surface area contributed by atoms with Crippen LogP contribution >= 0.6 is 23.4 Å². The molecule has 2 N–H and O–H groups in total. The first-order valence-corrected chi connectivity index (χ1v) is 10.1. The minimum atomic E-state index is -0.758. The third kappa shape index (κ3) is 3.83. The molecule has 1 aromatic heterocycles. The number of aromatic nitrogens is 1. The molecule has 2 aromatic carbocycles. The van der Waals surface area contributed by atoms with Crippen LogP contribution in [0.15, 0.2) is 53.6 Å². The minimum absolute atomic E-state index is 0.212. The van der Waals surface area contributed by atoms with Gasteiger partial charge in [0.2, 0.25) is 5.91 Å². The van der Waals surface area contributed by atoms with Gasteiger partial charge >= 0.3 is 0 Å². The van der Waals surface area contributed by atoms with Crippen LogP contribution in [0.2, 0.25) is 5.02 Å². The summed E-state index contributed by atoms with van der Waals surface area (Å²) in [7, 11) is 0. The average Bonchev–Trinajstić information content (AvgIpc) is 3.16. The van der Waals surface area contributed by atoms with Crippen LogP contribution in [0.5, 0.6) is 0 Å². The Morgan fingerprint density at radius 3 is 2.70 bits per heavy atom. The van der Waals surface area contributed by atoms with E-state index in [-0.39, 0.29) is 4.91 Å². The summed E-state index contributed by atoms with van der Waals surface area (Å²) in [6.45, 7) is -0.0521. The SMILES string of the molecule is NC(=O)CN1C(=O)S/C(=C\c2cn(Cc3ccc(F)cc3Cl)c3ccccc23)C1=O. The number of amides is 3. The summed E-state index contributed by atoms with van der Waals surface area (Å²) in [6.07, 6.45) is 3.46. The van der Waals surface area contributed by atoms with Crippen molar-refractivity contribution in [3.63, 3.8) is 0 Å². The molecule has 0 aliphatic carbocycles. The monoisotopic (exact) mass is 443 g/mol. The first-order chi connectivity index (χ1) is 14.3. The molecule has 1 aliphatic heterocycles. The van der Waals surface area contributed by atoms with Gasteiger partial charge in [-0.25, -0.2) is 4.39 Å². The van der Waals surface area contributed by atoms with Crippen LogP contribution in [0.1, 0.15) is 11.1 Å². The third-order valence-corrected chi connectivity index (χ3v) is 5.91. The average molecular weight is 444 g/mol. The smallest absolute Gasteiger partial charge is 0.294 e. The predicted octanol–water partition coefficient (Wildman–Crippen LogP) is 4.00. The summed E-state index contributed by atoms with van der Waals surface area (Å²) in [5.41, 5.74) is 7.48. The molecule has 3 aromatic rings. The molecule has 152 valence electrons. The number of primary amides is 1. The van der Waals surface area contributed by atoms with Crippen molar-refractivity contribution in [1.29, 1.82) is 0 Å². The topological polar surface area (TPSA) is 85.4 Å². The molecule has 4 rings (SSSR count). The zero-order valence-electron chi connectivity index (χ0n) is 15.5. The maximum atomic E-state index is 13.4. The maximum absolute atomic E-state index is 13.4. The molecule has 0 unspecified atom stereocenters. The molecule has 0 saturated carbocycles. The second-order valence-corrected chi connectivity index (χ2v) is 8.10. The number of carbonyl (C=O) groups excluding carboxylic acids is 3. The van der Waals surface area contributed by atoms with Gasteiger partial charge in [0.25, 0.3) is 11.1 Å². The summed E-state index contributed by atoms with van der Waals surface area (Å²) in [5.74, 6) is -1.72. The number of benzene rings is 2. The summed E-state index contributed by atoms with van der Waals surface area (Å²) in [6, 6.07) is 11.8. The van der Waals surface area contributed by atoms with Crippen molar-refractivity contribution in [3.05, 3.63) is 75.5 Å². The van der Waals surface area contributed by atoms with E-state index in [0.717, 1.165) is 38.7 Å². The number of nitrogens with two attached hydrogens (primary N) is 1. The van der Waals surface area contributed by atoms with Gasteiger partial charge in [-0.1, -0.05) is 35.9 Å². The van der Waals surface area contributed by atoms with Crippen molar-refractivity contribution in [2.75, 3.05) is 6.54 Å². The molecule has 0 radical (unpaired) electrons. The second kappa shape index (κ2) is 7.97. The van der Waals surface area contributed by atoms with E-state index >= 15 is 0 Å². The van der Waals surface area contributed by atoms with Crippen molar-refractivity contribution in [1.82, 2.24) is 9.47 Å². The minimum Gasteiger partial charge on any atom is -0.368 e. The van der Waals surface area contributed by atoms with Gasteiger partial charge in [-0.05, 0) is 41.6 Å². The largest absolute Gasteiger partial charge is 0.368 e. The molecule has 30 heavy (non-hydrogen) atoms. The van der Waals surface area contributed by atoms with Gasteiger partial charge in [0, 0.05) is 34.2 Å². The molecule has 1 fully saturated rings. The molecular weight excluding hydrogens is 429 g/mol. The van der Waals surface area contributed by atoms with Crippen molar-refractivity contribution in [3.8, 4) is 0 Å². The summed E-state index contributed by atoms with van der Waals surface area (Å²) >= 11 is 6.94. The molecule has 0 bridgehead atoms. The van der Waals surface area contributed by atoms with Gasteiger partial charge in [0.15, 0.2) is 0 Å². The number of carbonyl (C=O) groups is 3. The number of hydrogen-bond acceptors (Lipinski definition) is 4. The predicted molar refractivity (Wildman–Crippen MR) is 114 cm³/mol. The molecule has 3 amide bonds. The Balaban J connectivity index is 1.72. The maximum Gasteiger partial charge on any atom is 0.294 e. The fourth-order valence-corrected chi connectivity index (χ4v) is 4.34. The van der Waals surface area contributed by atoms with E-state index in [1.165, 1.54) is 12.1 Å². The highest BCUT2D eigenvalue weighted by atomic mass is 35.5. The first-order valence-electron chi connectivity index (χ1n) is 8.89. The number of nitrogens with zero attached hydrogens (tertiary/aromatic N) is 2. The Hall–Kier alpha value is -3.10. The van der Waals surface area contributed by atoms with Gasteiger partial charge in [-0.15, -0.1) is 0 Å². The van der Waals surface area contributed by atoms with Crippen LogP contribution in [-0.4, -0.2) is 33.1 Å². The third-order valence-electron chi connectivity index (χ3n) is 4.65. The Labute approximate surface area is 180 Å². The quantitative estimate of drug-likeness (QED) is 0.604. The number of fused-ring (bicyclic) bond motifs is 1. The Morgan fingerprint density at radius 2 is 1.97 bits per heavy atom. The van der Waals surface area contributed by atoms with E-state index in [1.807, 2.05) is 35.0 Å². The van der Waals surface area contributed by atoms with E-state index in [4.69, 9.17) is 17.3 Å². The van der Waals surface area contributed by atoms with Crippen LogP contribution < -0.4 is 5.73 Å². The summed E-state index contributed by atoms with van der Waals surface area (Å²) < 4.78 is 15.3. The number of halogens is 2. The summed E-state index contributed by atoms with van der Waals surface area (Å²) in [4.78, 5) is 36.7. The lowest BCUT2D eigenvalue weighted by Gasteiger charge is -2.08. The molecule has 1 saturated heterocycles. The number of imide groups is 1. The van der Waals surface area contributed by atoms with Crippen LogP contribution in [0, 0.1) is 5.82 Å². The Morgan fingerprint density at radius 1 is 1.20 bits per heavy atom. The fourth-order valence-electron chi connectivity index (χ4n) is 3.29. The van der Waals surface area contributed by atoms with Crippen molar-refractivity contribution in [2.45, 2.75) is 6.54 Å². The van der Waals surface area contributed by atoms with Gasteiger partial charge in [-0.3, -0.25) is 19.3 Å². The molecule has 6 nitrogen and oxygen atoms in total. The molecule has 0 spiro atoms. The fraction of sp³-hybridized carbons (Fsp3) is 0.0952. The standard InChI is InChI=1S/C21H15ClFN3O3S/c22-16-8-14(23)6-5-12(16)9-25-10-13(15-3-1-2-4-17(15)25)7-18-20(28)26(11-19(24)27)21(29)30-18/h1-8,10H,9,11H2,(H2,24,27)/b18-7-. The van der Waals surface area contributed by atoms with E-state index < -0.39 is 29.4 Å². The van der Waals surface area contributed by atoms with Gasteiger partial charge in [-0.2, -0.15) is 0 Å². The highest BCUT2D eigenvalue weighted by Gasteiger charge is 2.36. The van der Waals surface area contributed by atoms with E-state index in [1.54, 1.807) is 12.1 Å². The van der Waals surface area contributed by atoms with Crippen LogP contribution in [0.3, 0.4) is 0 Å². The van der Waals surface area contributed by atoms with Crippen molar-refractivity contribution in [2.24, 2.45) is 5.73 Å². The number of hydrogen-bond donors (Lipinski definition) is 1. The lowest BCUT2D eigenvalue weighted by molar-refractivity contribution is -0.127. The molecule has 0 atom stereocenters. The molecule has 2 heterocycles. The lowest BCUT2D eigenvalue weighted by Crippen LogP contribution is -2.36. The number of para-hydroxylation sites is 1.